The van der Waals surface area contributed by atoms with Gasteiger partial charge in [0.2, 0.25) is 0 Å². The van der Waals surface area contributed by atoms with Crippen molar-refractivity contribution in [2.45, 2.75) is 6.42 Å². The summed E-state index contributed by atoms with van der Waals surface area (Å²) in [7, 11) is 1.52. The highest BCUT2D eigenvalue weighted by molar-refractivity contribution is 6.08. The first-order valence-electron chi connectivity index (χ1n) is 8.28. The minimum absolute atomic E-state index is 0.0104. The summed E-state index contributed by atoms with van der Waals surface area (Å²) in [5.41, 5.74) is 0.814. The molecule has 4 nitrogen and oxygen atoms in total. The number of hydrogen-bond acceptors (Lipinski definition) is 4. The van der Waals surface area contributed by atoms with Crippen molar-refractivity contribution in [2.75, 3.05) is 7.11 Å². The van der Waals surface area contributed by atoms with Crippen LogP contribution in [-0.2, 0) is 6.42 Å². The van der Waals surface area contributed by atoms with Gasteiger partial charge < -0.3 is 9.15 Å². The molecule has 0 aliphatic heterocycles. The van der Waals surface area contributed by atoms with Crippen molar-refractivity contribution in [1.29, 1.82) is 0 Å². The van der Waals surface area contributed by atoms with E-state index in [0.29, 0.717) is 22.5 Å². The van der Waals surface area contributed by atoms with Crippen LogP contribution >= 0.6 is 0 Å². The zero-order chi connectivity index (χ0) is 18.1. The molecule has 4 heteroatoms. The molecular weight excluding hydrogens is 328 g/mol. The molecule has 0 amide bonds. The van der Waals surface area contributed by atoms with Gasteiger partial charge in [-0.25, -0.2) is 4.79 Å². The molecule has 4 rings (SSSR count). The summed E-state index contributed by atoms with van der Waals surface area (Å²) in [6.07, 6.45) is -0.0104. The first kappa shape index (κ1) is 16.1. The van der Waals surface area contributed by atoms with Gasteiger partial charge in [0.05, 0.1) is 7.11 Å². The number of carbonyl (C=O) groups is 1. The SMILES string of the molecule is COc1cccc2cc(CC(=O)c3cccc4ccccc34)c(=O)oc12. The van der Waals surface area contributed by atoms with Crippen molar-refractivity contribution in [1.82, 2.24) is 0 Å². The molecule has 128 valence electrons. The van der Waals surface area contributed by atoms with Gasteiger partial charge in [0.25, 0.3) is 0 Å². The van der Waals surface area contributed by atoms with Crippen LogP contribution in [0.4, 0.5) is 0 Å². The molecule has 1 heterocycles. The Morgan fingerprint density at radius 2 is 1.69 bits per heavy atom. The normalized spacial score (nSPS) is 11.0. The van der Waals surface area contributed by atoms with Crippen LogP contribution in [0.25, 0.3) is 21.7 Å². The van der Waals surface area contributed by atoms with Gasteiger partial charge in [-0.05, 0) is 22.9 Å². The second-order valence-electron chi connectivity index (χ2n) is 6.06. The molecule has 0 radical (unpaired) electrons. The van der Waals surface area contributed by atoms with Gasteiger partial charge in [0.15, 0.2) is 17.1 Å². The highest BCUT2D eigenvalue weighted by Gasteiger charge is 2.15. The standard InChI is InChI=1S/C22H16O4/c1-25-20-11-5-8-15-12-16(22(24)26-21(15)20)13-19(23)18-10-4-7-14-6-2-3-9-17(14)18/h2-12H,13H2,1H3. The fraction of sp³-hybridized carbons (Fsp3) is 0.0909. The Balaban J connectivity index is 1.76. The number of hydrogen-bond donors (Lipinski definition) is 0. The zero-order valence-electron chi connectivity index (χ0n) is 14.2. The number of Topliss-reactive ketones (excluding diaryl/α,β-unsaturated/α-hetero) is 1. The van der Waals surface area contributed by atoms with Gasteiger partial charge in [-0.3, -0.25) is 4.79 Å². The molecular formula is C22H16O4. The zero-order valence-corrected chi connectivity index (χ0v) is 14.2. The lowest BCUT2D eigenvalue weighted by atomic mass is 9.97. The van der Waals surface area contributed by atoms with E-state index in [1.54, 1.807) is 18.2 Å². The van der Waals surface area contributed by atoms with Gasteiger partial charge >= 0.3 is 5.63 Å². The van der Waals surface area contributed by atoms with Crippen molar-refractivity contribution in [3.05, 3.63) is 88.3 Å². The van der Waals surface area contributed by atoms with Gasteiger partial charge in [-0.15, -0.1) is 0 Å². The molecule has 0 saturated carbocycles. The molecule has 1 aromatic heterocycles. The lowest BCUT2D eigenvalue weighted by Crippen LogP contribution is -2.13. The Kier molecular flexibility index (Phi) is 4.01. The lowest BCUT2D eigenvalue weighted by molar-refractivity contribution is 0.0993. The summed E-state index contributed by atoms with van der Waals surface area (Å²) in [5, 5.41) is 2.60. The number of ketones is 1. The first-order valence-corrected chi connectivity index (χ1v) is 8.28. The summed E-state index contributed by atoms with van der Waals surface area (Å²) in [6, 6.07) is 20.4. The monoisotopic (exact) mass is 344 g/mol. The molecule has 0 spiro atoms. The molecule has 0 fully saturated rings. The van der Waals surface area contributed by atoms with E-state index in [-0.39, 0.29) is 12.2 Å². The van der Waals surface area contributed by atoms with Crippen molar-refractivity contribution in [2.24, 2.45) is 0 Å². The van der Waals surface area contributed by atoms with Crippen LogP contribution in [0.2, 0.25) is 0 Å². The molecule has 3 aromatic carbocycles. The summed E-state index contributed by atoms with van der Waals surface area (Å²) in [5.74, 6) is 0.378. The summed E-state index contributed by atoms with van der Waals surface area (Å²) in [4.78, 5) is 25.2. The van der Waals surface area contributed by atoms with Crippen LogP contribution in [0, 0.1) is 0 Å². The minimum atomic E-state index is -0.518. The Labute approximate surface area is 149 Å². The Hall–Kier alpha value is -3.40. The Bertz CT molecular complexity index is 1180. The third kappa shape index (κ3) is 2.75. The Morgan fingerprint density at radius 3 is 2.54 bits per heavy atom. The van der Waals surface area contributed by atoms with Gasteiger partial charge in [-0.2, -0.15) is 0 Å². The third-order valence-corrected chi connectivity index (χ3v) is 4.46. The van der Waals surface area contributed by atoms with Crippen LogP contribution in [0.5, 0.6) is 5.75 Å². The molecule has 4 aromatic rings. The predicted molar refractivity (Wildman–Crippen MR) is 101 cm³/mol. The van der Waals surface area contributed by atoms with Gasteiger partial charge in [0.1, 0.15) is 0 Å². The average molecular weight is 344 g/mol. The van der Waals surface area contributed by atoms with E-state index in [0.717, 1.165) is 16.2 Å². The van der Waals surface area contributed by atoms with E-state index in [1.165, 1.54) is 7.11 Å². The molecule has 0 saturated heterocycles. The van der Waals surface area contributed by atoms with Crippen LogP contribution in [-0.4, -0.2) is 12.9 Å². The van der Waals surface area contributed by atoms with Crippen molar-refractivity contribution >= 4 is 27.5 Å². The summed E-state index contributed by atoms with van der Waals surface area (Å²) >= 11 is 0. The molecule has 0 bridgehead atoms. The topological polar surface area (TPSA) is 56.5 Å². The smallest absolute Gasteiger partial charge is 0.340 e. The fourth-order valence-electron chi connectivity index (χ4n) is 3.18. The van der Waals surface area contributed by atoms with E-state index < -0.39 is 5.63 Å². The number of carbonyl (C=O) groups excluding carboxylic acids is 1. The second kappa shape index (κ2) is 6.48. The van der Waals surface area contributed by atoms with E-state index in [1.807, 2.05) is 48.5 Å². The average Bonchev–Trinajstić information content (AvgIpc) is 2.67. The maximum absolute atomic E-state index is 12.8. The van der Waals surface area contributed by atoms with Crippen molar-refractivity contribution < 1.29 is 13.9 Å². The third-order valence-electron chi connectivity index (χ3n) is 4.46. The highest BCUT2D eigenvalue weighted by Crippen LogP contribution is 2.25. The van der Waals surface area contributed by atoms with Crippen LogP contribution in [0.3, 0.4) is 0 Å². The van der Waals surface area contributed by atoms with Crippen molar-refractivity contribution in [3.8, 4) is 5.75 Å². The van der Waals surface area contributed by atoms with E-state index in [2.05, 4.69) is 0 Å². The van der Waals surface area contributed by atoms with E-state index in [9.17, 15) is 9.59 Å². The van der Waals surface area contributed by atoms with E-state index >= 15 is 0 Å². The molecule has 0 atom stereocenters. The largest absolute Gasteiger partial charge is 0.493 e. The van der Waals surface area contributed by atoms with Crippen LogP contribution in [0.15, 0.2) is 75.9 Å². The molecule has 0 N–H and O–H groups in total. The summed E-state index contributed by atoms with van der Waals surface area (Å²) < 4.78 is 10.6. The van der Waals surface area contributed by atoms with E-state index in [4.69, 9.17) is 9.15 Å². The maximum atomic E-state index is 12.8. The molecule has 0 aliphatic carbocycles. The van der Waals surface area contributed by atoms with Crippen LogP contribution < -0.4 is 10.4 Å². The van der Waals surface area contributed by atoms with Gasteiger partial charge in [-0.1, -0.05) is 54.6 Å². The quantitative estimate of drug-likeness (QED) is 0.407. The number of para-hydroxylation sites is 1. The van der Waals surface area contributed by atoms with Gasteiger partial charge in [0, 0.05) is 22.9 Å². The number of methoxy groups -OCH3 is 1. The number of benzene rings is 3. The number of rotatable bonds is 4. The molecule has 26 heavy (non-hydrogen) atoms. The highest BCUT2D eigenvalue weighted by atomic mass is 16.5. The second-order valence-corrected chi connectivity index (χ2v) is 6.06. The molecule has 0 aliphatic rings. The molecule has 0 unspecified atom stereocenters. The maximum Gasteiger partial charge on any atom is 0.340 e. The number of fused-ring (bicyclic) bond motifs is 2. The number of ether oxygens (including phenoxy) is 1. The fourth-order valence-corrected chi connectivity index (χ4v) is 3.18. The Morgan fingerprint density at radius 1 is 0.962 bits per heavy atom. The summed E-state index contributed by atoms with van der Waals surface area (Å²) in [6.45, 7) is 0. The first-order chi connectivity index (χ1) is 12.7. The lowest BCUT2D eigenvalue weighted by Gasteiger charge is -2.07. The predicted octanol–water partition coefficient (Wildman–Crippen LogP) is 4.38. The van der Waals surface area contributed by atoms with Crippen LogP contribution in [0.1, 0.15) is 15.9 Å². The van der Waals surface area contributed by atoms with Crippen molar-refractivity contribution in [3.63, 3.8) is 0 Å². The minimum Gasteiger partial charge on any atom is -0.493 e.